The lowest BCUT2D eigenvalue weighted by atomic mass is 9.99. The molecule has 0 unspecified atom stereocenters. The lowest BCUT2D eigenvalue weighted by Crippen LogP contribution is -2.11. The molecule has 2 rings (SSSR count). The number of nitrogens with zero attached hydrogens (tertiary/aromatic N) is 1. The highest BCUT2D eigenvalue weighted by molar-refractivity contribution is 9.10. The molecule has 0 amide bonds. The fourth-order valence-electron chi connectivity index (χ4n) is 1.75. The summed E-state index contributed by atoms with van der Waals surface area (Å²) in [4.78, 5) is 16.3. The van der Waals surface area contributed by atoms with Crippen molar-refractivity contribution in [1.29, 1.82) is 0 Å². The van der Waals surface area contributed by atoms with Gasteiger partial charge in [-0.1, -0.05) is 15.9 Å². The van der Waals surface area contributed by atoms with Crippen molar-refractivity contribution < 1.29 is 4.79 Å². The number of nitrogen functional groups attached to an aromatic ring is 2. The van der Waals surface area contributed by atoms with Crippen LogP contribution in [0.15, 0.2) is 34.9 Å². The van der Waals surface area contributed by atoms with E-state index in [2.05, 4.69) is 20.9 Å². The second-order valence-electron chi connectivity index (χ2n) is 3.95. The third kappa shape index (κ3) is 2.22. The van der Waals surface area contributed by atoms with Gasteiger partial charge in [0.05, 0.1) is 5.56 Å². The average Bonchev–Trinajstić information content (AvgIpc) is 2.28. The molecule has 4 nitrogen and oxygen atoms in total. The largest absolute Gasteiger partial charge is 0.398 e. The van der Waals surface area contributed by atoms with E-state index >= 15 is 0 Å². The van der Waals surface area contributed by atoms with Gasteiger partial charge in [0.1, 0.15) is 5.82 Å². The SMILES string of the molecule is Cc1ccnc(N)c1C(=O)c1ccc(Br)cc1N. The first-order valence-electron chi connectivity index (χ1n) is 5.31. The van der Waals surface area contributed by atoms with Gasteiger partial charge in [0.2, 0.25) is 0 Å². The fourth-order valence-corrected chi connectivity index (χ4v) is 2.13. The second kappa shape index (κ2) is 4.78. The van der Waals surface area contributed by atoms with Crippen LogP contribution in [-0.4, -0.2) is 10.8 Å². The highest BCUT2D eigenvalue weighted by Crippen LogP contribution is 2.24. The average molecular weight is 306 g/mol. The molecule has 0 aliphatic rings. The van der Waals surface area contributed by atoms with Gasteiger partial charge in [-0.15, -0.1) is 0 Å². The van der Waals surface area contributed by atoms with Gasteiger partial charge in [-0.05, 0) is 36.8 Å². The lowest BCUT2D eigenvalue weighted by Gasteiger charge is -2.09. The van der Waals surface area contributed by atoms with E-state index in [-0.39, 0.29) is 11.6 Å². The molecule has 0 spiro atoms. The zero-order chi connectivity index (χ0) is 13.3. The van der Waals surface area contributed by atoms with Crippen LogP contribution in [0, 0.1) is 6.92 Å². The molecule has 0 saturated heterocycles. The first-order valence-corrected chi connectivity index (χ1v) is 6.11. The Labute approximate surface area is 113 Å². The van der Waals surface area contributed by atoms with Gasteiger partial charge in [-0.25, -0.2) is 4.98 Å². The van der Waals surface area contributed by atoms with Crippen LogP contribution in [0.1, 0.15) is 21.5 Å². The number of carbonyl (C=O) groups is 1. The van der Waals surface area contributed by atoms with E-state index in [1.807, 2.05) is 6.92 Å². The Balaban J connectivity index is 2.55. The van der Waals surface area contributed by atoms with Crippen molar-refractivity contribution >= 4 is 33.2 Å². The zero-order valence-corrected chi connectivity index (χ0v) is 11.4. The third-order valence-electron chi connectivity index (χ3n) is 2.67. The minimum Gasteiger partial charge on any atom is -0.398 e. The van der Waals surface area contributed by atoms with Gasteiger partial charge in [-0.3, -0.25) is 4.79 Å². The summed E-state index contributed by atoms with van der Waals surface area (Å²) >= 11 is 3.30. The minimum atomic E-state index is -0.205. The molecule has 0 fully saturated rings. The Morgan fingerprint density at radius 3 is 2.61 bits per heavy atom. The fraction of sp³-hybridized carbons (Fsp3) is 0.0769. The summed E-state index contributed by atoms with van der Waals surface area (Å²) in [7, 11) is 0. The quantitative estimate of drug-likeness (QED) is 0.660. The number of rotatable bonds is 2. The Morgan fingerprint density at radius 2 is 2.00 bits per heavy atom. The molecule has 1 aromatic heterocycles. The standard InChI is InChI=1S/C13H12BrN3O/c1-7-4-5-17-13(16)11(7)12(18)9-3-2-8(14)6-10(9)15/h2-6H,15H2,1H3,(H2,16,17). The number of carbonyl (C=O) groups excluding carboxylic acids is 1. The van der Waals surface area contributed by atoms with Crippen LogP contribution >= 0.6 is 15.9 Å². The molecule has 18 heavy (non-hydrogen) atoms. The molecular weight excluding hydrogens is 294 g/mol. The van der Waals surface area contributed by atoms with Crippen LogP contribution in [0.25, 0.3) is 0 Å². The molecule has 0 radical (unpaired) electrons. The zero-order valence-electron chi connectivity index (χ0n) is 9.77. The maximum absolute atomic E-state index is 12.4. The van der Waals surface area contributed by atoms with Gasteiger partial charge in [0.15, 0.2) is 5.78 Å². The van der Waals surface area contributed by atoms with E-state index in [9.17, 15) is 4.79 Å². The molecule has 0 aliphatic carbocycles. The van der Waals surface area contributed by atoms with Crippen LogP contribution in [0.3, 0.4) is 0 Å². The monoisotopic (exact) mass is 305 g/mol. The molecule has 0 bridgehead atoms. The highest BCUT2D eigenvalue weighted by atomic mass is 79.9. The topological polar surface area (TPSA) is 82.0 Å². The molecule has 1 heterocycles. The van der Waals surface area contributed by atoms with Gasteiger partial charge in [0, 0.05) is 21.9 Å². The molecule has 1 aromatic carbocycles. The molecule has 5 heteroatoms. The molecular formula is C13H12BrN3O. The van der Waals surface area contributed by atoms with Crippen molar-refractivity contribution in [1.82, 2.24) is 4.98 Å². The first-order chi connectivity index (χ1) is 8.50. The number of hydrogen-bond donors (Lipinski definition) is 2. The van der Waals surface area contributed by atoms with Crippen LogP contribution in [0.2, 0.25) is 0 Å². The van der Waals surface area contributed by atoms with Crippen molar-refractivity contribution in [2.45, 2.75) is 6.92 Å². The maximum Gasteiger partial charge on any atom is 0.199 e. The van der Waals surface area contributed by atoms with Crippen LogP contribution in [0.5, 0.6) is 0 Å². The lowest BCUT2D eigenvalue weighted by molar-refractivity contribution is 0.103. The van der Waals surface area contributed by atoms with Crippen LogP contribution in [0.4, 0.5) is 11.5 Å². The normalized spacial score (nSPS) is 10.3. The van der Waals surface area contributed by atoms with E-state index in [1.165, 1.54) is 0 Å². The van der Waals surface area contributed by atoms with E-state index in [1.54, 1.807) is 30.5 Å². The number of halogens is 1. The van der Waals surface area contributed by atoms with E-state index in [4.69, 9.17) is 11.5 Å². The van der Waals surface area contributed by atoms with Gasteiger partial charge >= 0.3 is 0 Å². The molecule has 4 N–H and O–H groups in total. The van der Waals surface area contributed by atoms with Gasteiger partial charge in [-0.2, -0.15) is 0 Å². The number of ketones is 1. The molecule has 0 atom stereocenters. The smallest absolute Gasteiger partial charge is 0.199 e. The number of aryl methyl sites for hydroxylation is 1. The van der Waals surface area contributed by atoms with Crippen molar-refractivity contribution in [3.05, 3.63) is 51.6 Å². The highest BCUT2D eigenvalue weighted by Gasteiger charge is 2.18. The van der Waals surface area contributed by atoms with Crippen LogP contribution < -0.4 is 11.5 Å². The Bertz CT molecular complexity index is 605. The van der Waals surface area contributed by atoms with Crippen molar-refractivity contribution in [3.63, 3.8) is 0 Å². The van der Waals surface area contributed by atoms with Crippen LogP contribution in [-0.2, 0) is 0 Å². The summed E-state index contributed by atoms with van der Waals surface area (Å²) in [5.74, 6) is 0.0189. The first kappa shape index (κ1) is 12.6. The summed E-state index contributed by atoms with van der Waals surface area (Å²) in [6.45, 7) is 1.82. The number of aromatic nitrogens is 1. The number of nitrogens with two attached hydrogens (primary N) is 2. The maximum atomic E-state index is 12.4. The Hall–Kier alpha value is -1.88. The van der Waals surface area contributed by atoms with Crippen molar-refractivity contribution in [2.75, 3.05) is 11.5 Å². The van der Waals surface area contributed by atoms with Gasteiger partial charge < -0.3 is 11.5 Å². The molecule has 0 aliphatic heterocycles. The summed E-state index contributed by atoms with van der Waals surface area (Å²) in [6, 6.07) is 6.88. The summed E-state index contributed by atoms with van der Waals surface area (Å²) in [6.07, 6.45) is 1.58. The van der Waals surface area contributed by atoms with Crippen molar-refractivity contribution in [2.24, 2.45) is 0 Å². The number of anilines is 2. The number of benzene rings is 1. The minimum absolute atomic E-state index is 0.205. The summed E-state index contributed by atoms with van der Waals surface area (Å²) in [5, 5.41) is 0. The van der Waals surface area contributed by atoms with E-state index < -0.39 is 0 Å². The molecule has 0 saturated carbocycles. The van der Waals surface area contributed by atoms with E-state index in [0.717, 1.165) is 10.0 Å². The Morgan fingerprint density at radius 1 is 1.28 bits per heavy atom. The summed E-state index contributed by atoms with van der Waals surface area (Å²) < 4.78 is 0.826. The molecule has 92 valence electrons. The predicted octanol–water partition coefficient (Wildman–Crippen LogP) is 2.55. The number of pyridine rings is 1. The summed E-state index contributed by atoms with van der Waals surface area (Å²) in [5.41, 5.74) is 13.6. The van der Waals surface area contributed by atoms with E-state index in [0.29, 0.717) is 16.8 Å². The van der Waals surface area contributed by atoms with Crippen molar-refractivity contribution in [3.8, 4) is 0 Å². The van der Waals surface area contributed by atoms with Gasteiger partial charge in [0.25, 0.3) is 0 Å². The second-order valence-corrected chi connectivity index (χ2v) is 4.86. The Kier molecular flexibility index (Phi) is 3.34. The predicted molar refractivity (Wildman–Crippen MR) is 75.4 cm³/mol. The number of hydrogen-bond acceptors (Lipinski definition) is 4. The third-order valence-corrected chi connectivity index (χ3v) is 3.17. The molecule has 2 aromatic rings.